The van der Waals surface area contributed by atoms with E-state index in [2.05, 4.69) is 37.1 Å². The van der Waals surface area contributed by atoms with Crippen molar-refractivity contribution in [3.05, 3.63) is 70.7 Å². The van der Waals surface area contributed by atoms with Gasteiger partial charge in [0.1, 0.15) is 5.82 Å². The number of H-pyrrole nitrogens is 1. The summed E-state index contributed by atoms with van der Waals surface area (Å²) < 4.78 is 27.3. The van der Waals surface area contributed by atoms with Gasteiger partial charge in [-0.1, -0.05) is 30.2 Å². The van der Waals surface area contributed by atoms with Crippen molar-refractivity contribution in [1.29, 1.82) is 0 Å². The van der Waals surface area contributed by atoms with Crippen LogP contribution in [0.4, 0.5) is 0 Å². The normalized spacial score (nSPS) is 20.1. The van der Waals surface area contributed by atoms with Gasteiger partial charge in [0.25, 0.3) is 10.0 Å². The van der Waals surface area contributed by atoms with E-state index >= 15 is 0 Å². The smallest absolute Gasteiger partial charge is 0.259 e. The average molecular weight is 459 g/mol. The number of fused-ring (bicyclic) bond motifs is 1. The molecule has 0 saturated heterocycles. The molecule has 0 spiro atoms. The number of imidazole rings is 1. The molecule has 3 heterocycles. The van der Waals surface area contributed by atoms with Crippen LogP contribution in [0.15, 0.2) is 48.0 Å². The third-order valence-corrected chi connectivity index (χ3v) is 7.90. The molecule has 1 fully saturated rings. The zero-order valence-corrected chi connectivity index (χ0v) is 18.4. The Morgan fingerprint density at radius 3 is 2.68 bits per heavy atom. The van der Waals surface area contributed by atoms with Crippen molar-refractivity contribution in [3.8, 4) is 0 Å². The van der Waals surface area contributed by atoms with E-state index in [1.165, 1.54) is 18.1 Å². The van der Waals surface area contributed by atoms with Crippen LogP contribution in [0.25, 0.3) is 0 Å². The number of halogens is 1. The van der Waals surface area contributed by atoms with Crippen LogP contribution in [0.1, 0.15) is 47.9 Å². The summed E-state index contributed by atoms with van der Waals surface area (Å²) in [5.74, 6) is 0.442. The summed E-state index contributed by atoms with van der Waals surface area (Å²) in [5.41, 5.74) is 3.29. The van der Waals surface area contributed by atoms with Crippen LogP contribution in [0, 0.1) is 0 Å². The van der Waals surface area contributed by atoms with Gasteiger partial charge in [-0.2, -0.15) is 0 Å². The summed E-state index contributed by atoms with van der Waals surface area (Å²) in [6.45, 7) is 0.866. The summed E-state index contributed by atoms with van der Waals surface area (Å²) >= 11 is 6.12. The van der Waals surface area contributed by atoms with Crippen LogP contribution in [0.3, 0.4) is 0 Å². The highest BCUT2D eigenvalue weighted by atomic mass is 35.5. The number of hydrogen-bond donors (Lipinski definition) is 3. The van der Waals surface area contributed by atoms with Crippen molar-refractivity contribution in [2.45, 2.75) is 48.7 Å². The van der Waals surface area contributed by atoms with Crippen LogP contribution in [-0.4, -0.2) is 34.9 Å². The predicted molar refractivity (Wildman–Crippen MR) is 116 cm³/mol. The number of benzene rings is 1. The van der Waals surface area contributed by atoms with E-state index in [-0.39, 0.29) is 23.0 Å². The number of nitrogens with one attached hydrogen (secondary N) is 3. The highest BCUT2D eigenvalue weighted by Gasteiger charge is 2.48. The number of rotatable bonds is 6. The molecule has 8 nitrogen and oxygen atoms in total. The maximum absolute atomic E-state index is 12.4. The van der Waals surface area contributed by atoms with E-state index in [4.69, 9.17) is 16.6 Å². The summed E-state index contributed by atoms with van der Waals surface area (Å²) in [7, 11) is -3.72. The van der Waals surface area contributed by atoms with Gasteiger partial charge in [-0.15, -0.1) is 0 Å². The molecule has 5 rings (SSSR count). The van der Waals surface area contributed by atoms with Crippen LogP contribution in [0.5, 0.6) is 0 Å². The summed E-state index contributed by atoms with van der Waals surface area (Å²) in [4.78, 5) is 15.7. The van der Waals surface area contributed by atoms with Crippen molar-refractivity contribution >= 4 is 21.6 Å². The lowest BCUT2D eigenvalue weighted by Gasteiger charge is -2.50. The van der Waals surface area contributed by atoms with Crippen molar-refractivity contribution < 1.29 is 8.42 Å². The number of nitrogens with zero attached hydrogens (tertiary/aromatic N) is 3. The lowest BCUT2D eigenvalue weighted by atomic mass is 9.58. The van der Waals surface area contributed by atoms with Gasteiger partial charge in [-0.3, -0.25) is 0 Å². The number of sulfonamides is 1. The van der Waals surface area contributed by atoms with E-state index in [1.807, 2.05) is 18.3 Å². The first-order chi connectivity index (χ1) is 15.0. The minimum absolute atomic E-state index is 0.00311. The quantitative estimate of drug-likeness (QED) is 0.523. The second-order valence-corrected chi connectivity index (χ2v) is 10.2. The fourth-order valence-corrected chi connectivity index (χ4v) is 5.61. The summed E-state index contributed by atoms with van der Waals surface area (Å²) in [6.07, 6.45) is 8.65. The molecule has 2 aliphatic rings. The molecule has 1 aromatic carbocycles. The summed E-state index contributed by atoms with van der Waals surface area (Å²) in [5, 5.41) is 4.35. The zero-order valence-electron chi connectivity index (χ0n) is 16.8. The molecule has 0 radical (unpaired) electrons. The van der Waals surface area contributed by atoms with E-state index < -0.39 is 10.0 Å². The molecule has 10 heteroatoms. The van der Waals surface area contributed by atoms with Gasteiger partial charge < -0.3 is 10.3 Å². The van der Waals surface area contributed by atoms with Gasteiger partial charge in [-0.05, 0) is 49.1 Å². The molecule has 1 aliphatic carbocycles. The molecule has 1 atom stereocenters. The van der Waals surface area contributed by atoms with Gasteiger partial charge in [0, 0.05) is 22.8 Å². The second-order valence-electron chi connectivity index (χ2n) is 8.08. The first-order valence-corrected chi connectivity index (χ1v) is 12.2. The largest absolute Gasteiger partial charge is 0.350 e. The topological polar surface area (TPSA) is 113 Å². The van der Waals surface area contributed by atoms with Gasteiger partial charge in [0.15, 0.2) is 5.03 Å². The van der Waals surface area contributed by atoms with Crippen molar-refractivity contribution in [2.75, 3.05) is 6.54 Å². The van der Waals surface area contributed by atoms with Gasteiger partial charge in [0.05, 0.1) is 24.6 Å². The maximum atomic E-state index is 12.4. The third-order valence-electron chi connectivity index (χ3n) is 6.35. The lowest BCUT2D eigenvalue weighted by Crippen LogP contribution is -2.49. The van der Waals surface area contributed by atoms with Gasteiger partial charge in [0.2, 0.25) is 0 Å². The summed E-state index contributed by atoms with van der Waals surface area (Å²) in [6, 6.07) is 8.15. The number of hydrogen-bond acceptors (Lipinski definition) is 6. The standard InChI is InChI=1S/C21H23ClN6O2S/c22-16-4-2-15(3-5-16)21(7-1-8-21)20-19-14(6-9-24-20)10-25-17(28-19)11-27-31(29,30)18-12-23-13-26-18/h2-5,10,12-13,20,24,27H,1,6-9,11H2,(H,23,26). The first-order valence-electron chi connectivity index (χ1n) is 10.3. The monoisotopic (exact) mass is 458 g/mol. The van der Waals surface area contributed by atoms with Gasteiger partial charge in [-0.25, -0.2) is 28.1 Å². The Morgan fingerprint density at radius 1 is 1.19 bits per heavy atom. The molecule has 162 valence electrons. The van der Waals surface area contributed by atoms with E-state index in [0.717, 1.165) is 48.5 Å². The molecule has 3 aromatic rings. The Hall–Kier alpha value is -2.33. The predicted octanol–water partition coefficient (Wildman–Crippen LogP) is 2.64. The van der Waals surface area contributed by atoms with Crippen LogP contribution in [-0.2, 0) is 28.4 Å². The Morgan fingerprint density at radius 2 is 2.00 bits per heavy atom. The molecule has 1 aliphatic heterocycles. The second kappa shape index (κ2) is 7.98. The molecule has 1 saturated carbocycles. The van der Waals surface area contributed by atoms with Crippen molar-refractivity contribution in [3.63, 3.8) is 0 Å². The molecule has 0 bridgehead atoms. The number of aromatic nitrogens is 4. The van der Waals surface area contributed by atoms with E-state index in [0.29, 0.717) is 5.82 Å². The molecular weight excluding hydrogens is 436 g/mol. The fraction of sp³-hybridized carbons (Fsp3) is 0.381. The minimum Gasteiger partial charge on any atom is -0.350 e. The lowest BCUT2D eigenvalue weighted by molar-refractivity contribution is 0.161. The maximum Gasteiger partial charge on any atom is 0.259 e. The highest BCUT2D eigenvalue weighted by Crippen LogP contribution is 2.53. The first kappa shape index (κ1) is 20.6. The number of aromatic amines is 1. The molecule has 31 heavy (non-hydrogen) atoms. The van der Waals surface area contributed by atoms with Gasteiger partial charge >= 0.3 is 0 Å². The Kier molecular flexibility index (Phi) is 5.29. The average Bonchev–Trinajstić information content (AvgIpc) is 3.29. The van der Waals surface area contributed by atoms with Crippen LogP contribution in [0.2, 0.25) is 5.02 Å². The fourth-order valence-electron chi connectivity index (χ4n) is 4.60. The SMILES string of the molecule is O=S(=O)(NCc1ncc2c(n1)C(C1(c3ccc(Cl)cc3)CCC1)NCC2)c1c[nH]cn1. The Balaban J connectivity index is 1.44. The molecule has 3 N–H and O–H groups in total. The molecule has 0 amide bonds. The molecule has 1 unspecified atom stereocenters. The highest BCUT2D eigenvalue weighted by molar-refractivity contribution is 7.89. The minimum atomic E-state index is -3.72. The molecular formula is C21H23ClN6O2S. The van der Waals surface area contributed by atoms with E-state index in [1.54, 1.807) is 0 Å². The third kappa shape index (κ3) is 3.76. The van der Waals surface area contributed by atoms with E-state index in [9.17, 15) is 8.42 Å². The Bertz CT molecular complexity index is 1180. The van der Waals surface area contributed by atoms with Crippen LogP contribution < -0.4 is 10.0 Å². The van der Waals surface area contributed by atoms with Crippen LogP contribution >= 0.6 is 11.6 Å². The Labute approximate surface area is 185 Å². The zero-order chi connectivity index (χ0) is 21.5. The van der Waals surface area contributed by atoms with Crippen molar-refractivity contribution in [1.82, 2.24) is 30.0 Å². The molecule has 2 aromatic heterocycles. The van der Waals surface area contributed by atoms with Crippen molar-refractivity contribution in [2.24, 2.45) is 0 Å².